The van der Waals surface area contributed by atoms with Crippen molar-refractivity contribution in [2.75, 3.05) is 17.3 Å². The summed E-state index contributed by atoms with van der Waals surface area (Å²) in [5.74, 6) is 9.11. The lowest BCUT2D eigenvalue weighted by Crippen LogP contribution is -2.38. The molecule has 31 heavy (non-hydrogen) atoms. The summed E-state index contributed by atoms with van der Waals surface area (Å²) in [7, 11) is -1.08. The summed E-state index contributed by atoms with van der Waals surface area (Å²) in [6, 6.07) is 8.39. The second-order valence-corrected chi connectivity index (χ2v) is 12.4. The SMILES string of the molecule is C#CC1=CCC=C(CC(Cc2ccc(C#C)cc2)C(C)(C)OS(CC)(CC)CC)C=C1. The smallest absolute Gasteiger partial charge is 0.0786 e. The minimum absolute atomic E-state index is 0.245. The van der Waals surface area contributed by atoms with Gasteiger partial charge in [0.2, 0.25) is 0 Å². The van der Waals surface area contributed by atoms with E-state index in [1.807, 2.05) is 12.1 Å². The summed E-state index contributed by atoms with van der Waals surface area (Å²) in [5, 5.41) is 0. The summed E-state index contributed by atoms with van der Waals surface area (Å²) in [6.45, 7) is 11.4. The summed E-state index contributed by atoms with van der Waals surface area (Å²) in [6.07, 6.45) is 22.6. The molecule has 1 atom stereocenters. The monoisotopic (exact) mass is 434 g/mol. The summed E-state index contributed by atoms with van der Waals surface area (Å²) in [5.41, 5.74) is 4.25. The molecule has 166 valence electrons. The first kappa shape index (κ1) is 25.1. The van der Waals surface area contributed by atoms with Gasteiger partial charge in [-0.25, -0.2) is 0 Å². The molecule has 1 aromatic rings. The largest absolute Gasteiger partial charge is 0.330 e. The molecule has 0 spiro atoms. The van der Waals surface area contributed by atoms with Gasteiger partial charge in [0, 0.05) is 11.1 Å². The van der Waals surface area contributed by atoms with Crippen LogP contribution in [0.1, 0.15) is 58.6 Å². The molecule has 1 nitrogen and oxygen atoms in total. The van der Waals surface area contributed by atoms with Gasteiger partial charge in [-0.2, -0.15) is 0 Å². The highest BCUT2D eigenvalue weighted by atomic mass is 32.3. The Morgan fingerprint density at radius 2 is 1.58 bits per heavy atom. The maximum absolute atomic E-state index is 7.02. The Balaban J connectivity index is 2.33. The highest BCUT2D eigenvalue weighted by molar-refractivity contribution is 8.29. The van der Waals surface area contributed by atoms with E-state index in [4.69, 9.17) is 17.0 Å². The molecule has 0 aromatic heterocycles. The predicted octanol–water partition coefficient (Wildman–Crippen LogP) is 7.24. The molecule has 2 rings (SSSR count). The molecule has 1 aromatic carbocycles. The first-order valence-corrected chi connectivity index (χ1v) is 13.4. The molecular formula is C29H38OS. The van der Waals surface area contributed by atoms with Crippen LogP contribution in [0.2, 0.25) is 0 Å². The van der Waals surface area contributed by atoms with E-state index in [9.17, 15) is 0 Å². The maximum atomic E-state index is 7.02. The van der Waals surface area contributed by atoms with Crippen LogP contribution in [-0.2, 0) is 10.6 Å². The van der Waals surface area contributed by atoms with E-state index in [-0.39, 0.29) is 5.60 Å². The average molecular weight is 435 g/mol. The van der Waals surface area contributed by atoms with Crippen molar-refractivity contribution < 1.29 is 4.18 Å². The van der Waals surface area contributed by atoms with Gasteiger partial charge in [-0.05, 0) is 80.1 Å². The van der Waals surface area contributed by atoms with Crippen molar-refractivity contribution in [2.45, 2.75) is 59.5 Å². The van der Waals surface area contributed by atoms with E-state index in [0.29, 0.717) is 5.92 Å². The minimum atomic E-state index is -1.08. The Morgan fingerprint density at radius 3 is 2.13 bits per heavy atom. The van der Waals surface area contributed by atoms with Crippen molar-refractivity contribution >= 4 is 10.3 Å². The Kier molecular flexibility index (Phi) is 9.31. The van der Waals surface area contributed by atoms with E-state index in [1.54, 1.807) is 0 Å². The van der Waals surface area contributed by atoms with Crippen molar-refractivity contribution in [2.24, 2.45) is 5.92 Å². The van der Waals surface area contributed by atoms with Gasteiger partial charge < -0.3 is 4.18 Å². The van der Waals surface area contributed by atoms with Gasteiger partial charge in [-0.3, -0.25) is 0 Å². The Bertz CT molecular complexity index is 887. The topological polar surface area (TPSA) is 9.23 Å². The molecule has 0 saturated carbocycles. The van der Waals surface area contributed by atoms with Crippen LogP contribution in [0.25, 0.3) is 0 Å². The number of rotatable bonds is 10. The van der Waals surface area contributed by atoms with E-state index in [2.05, 4.69) is 82.9 Å². The van der Waals surface area contributed by atoms with Crippen LogP contribution >= 0.6 is 10.3 Å². The van der Waals surface area contributed by atoms with Crippen molar-refractivity contribution in [3.63, 3.8) is 0 Å². The van der Waals surface area contributed by atoms with Gasteiger partial charge in [-0.15, -0.1) is 23.2 Å². The molecular weight excluding hydrogens is 396 g/mol. The zero-order chi connectivity index (χ0) is 22.9. The number of terminal acetylenes is 2. The molecule has 0 fully saturated rings. The molecule has 0 heterocycles. The number of hydrogen-bond donors (Lipinski definition) is 0. The van der Waals surface area contributed by atoms with Crippen molar-refractivity contribution in [3.8, 4) is 24.7 Å². The van der Waals surface area contributed by atoms with Crippen molar-refractivity contribution in [1.82, 2.24) is 0 Å². The van der Waals surface area contributed by atoms with Gasteiger partial charge in [0.25, 0.3) is 0 Å². The number of allylic oxidation sites excluding steroid dienone is 6. The fourth-order valence-corrected chi connectivity index (χ4v) is 6.74. The quantitative estimate of drug-likeness (QED) is 0.353. The van der Waals surface area contributed by atoms with Gasteiger partial charge in [0.1, 0.15) is 0 Å². The first-order chi connectivity index (χ1) is 14.8. The lowest BCUT2D eigenvalue weighted by molar-refractivity contribution is 0.0590. The molecule has 2 heteroatoms. The lowest BCUT2D eigenvalue weighted by atomic mass is 9.80. The fourth-order valence-electron chi connectivity index (χ4n) is 4.11. The predicted molar refractivity (Wildman–Crippen MR) is 139 cm³/mol. The van der Waals surface area contributed by atoms with Crippen LogP contribution in [-0.4, -0.2) is 22.9 Å². The Hall–Kier alpha value is -2.13. The van der Waals surface area contributed by atoms with E-state index in [0.717, 1.165) is 47.7 Å². The van der Waals surface area contributed by atoms with Crippen LogP contribution in [0, 0.1) is 30.6 Å². The fraction of sp³-hybridized carbons (Fsp3) is 0.448. The lowest BCUT2D eigenvalue weighted by Gasteiger charge is -2.47. The molecule has 0 N–H and O–H groups in total. The van der Waals surface area contributed by atoms with E-state index in [1.165, 1.54) is 11.1 Å². The second kappa shape index (κ2) is 11.5. The van der Waals surface area contributed by atoms with Gasteiger partial charge in [0.15, 0.2) is 0 Å². The van der Waals surface area contributed by atoms with Crippen molar-refractivity contribution in [1.29, 1.82) is 0 Å². The molecule has 0 aliphatic heterocycles. The summed E-state index contributed by atoms with van der Waals surface area (Å²) in [4.78, 5) is 0. The van der Waals surface area contributed by atoms with Crippen molar-refractivity contribution in [3.05, 3.63) is 70.8 Å². The van der Waals surface area contributed by atoms with Crippen LogP contribution < -0.4 is 0 Å². The van der Waals surface area contributed by atoms with E-state index >= 15 is 0 Å². The highest BCUT2D eigenvalue weighted by Gasteiger charge is 2.36. The summed E-state index contributed by atoms with van der Waals surface area (Å²) >= 11 is 0. The third-order valence-corrected chi connectivity index (χ3v) is 10.3. The molecule has 0 saturated heterocycles. The molecule has 1 aliphatic rings. The first-order valence-electron chi connectivity index (χ1n) is 11.4. The van der Waals surface area contributed by atoms with Gasteiger partial charge >= 0.3 is 0 Å². The zero-order valence-electron chi connectivity index (χ0n) is 19.9. The average Bonchev–Trinajstić information content (AvgIpc) is 3.02. The minimum Gasteiger partial charge on any atom is -0.330 e. The highest BCUT2D eigenvalue weighted by Crippen LogP contribution is 2.53. The number of benzene rings is 1. The molecule has 0 amide bonds. The molecule has 1 aliphatic carbocycles. The zero-order valence-corrected chi connectivity index (χ0v) is 20.7. The Morgan fingerprint density at radius 1 is 0.935 bits per heavy atom. The normalized spacial score (nSPS) is 15.8. The second-order valence-electron chi connectivity index (χ2n) is 8.62. The third-order valence-electron chi connectivity index (χ3n) is 6.40. The molecule has 0 radical (unpaired) electrons. The summed E-state index contributed by atoms with van der Waals surface area (Å²) < 4.78 is 7.02. The molecule has 0 bridgehead atoms. The maximum Gasteiger partial charge on any atom is 0.0786 e. The third kappa shape index (κ3) is 6.93. The van der Waals surface area contributed by atoms with Gasteiger partial charge in [0.05, 0.1) is 5.60 Å². The van der Waals surface area contributed by atoms with Crippen LogP contribution in [0.5, 0.6) is 0 Å². The Labute approximate surface area is 192 Å². The standard InChI is InChI=1S/C29H38OS/c1-8-24-14-13-15-26(19-16-24)22-28(23-27-20-17-25(9-2)18-21-27)29(6,7)30-31(10-3,11-4)12-5/h1-2,14-21,28H,10-13,22-23H2,3-7H3. The van der Waals surface area contributed by atoms with Crippen LogP contribution in [0.4, 0.5) is 0 Å². The van der Waals surface area contributed by atoms with E-state index < -0.39 is 10.3 Å². The molecule has 1 unspecified atom stereocenters. The van der Waals surface area contributed by atoms with Gasteiger partial charge in [-0.1, -0.05) is 68.5 Å². The van der Waals surface area contributed by atoms with Crippen LogP contribution in [0.15, 0.2) is 59.7 Å². The number of hydrogen-bond acceptors (Lipinski definition) is 1. The van der Waals surface area contributed by atoms with Crippen LogP contribution in [0.3, 0.4) is 0 Å².